The Morgan fingerprint density at radius 2 is 2.00 bits per heavy atom. The third kappa shape index (κ3) is 2.42. The lowest BCUT2D eigenvalue weighted by molar-refractivity contribution is -0.384. The monoisotopic (exact) mass is 276 g/mol. The van der Waals surface area contributed by atoms with Gasteiger partial charge in [0.25, 0.3) is 0 Å². The highest BCUT2D eigenvalue weighted by Gasteiger charge is 2.31. The predicted molar refractivity (Wildman–Crippen MR) is 77.6 cm³/mol. The molecule has 3 rings (SSSR count). The summed E-state index contributed by atoms with van der Waals surface area (Å²) >= 11 is 0. The van der Waals surface area contributed by atoms with Gasteiger partial charge in [0, 0.05) is 19.2 Å². The molecular weight excluding hydrogens is 256 g/mol. The van der Waals surface area contributed by atoms with Gasteiger partial charge in [0.15, 0.2) is 0 Å². The molecule has 2 fully saturated rings. The van der Waals surface area contributed by atoms with Crippen LogP contribution in [-0.2, 0) is 0 Å². The molecule has 1 unspecified atom stereocenters. The Hall–Kier alpha value is -1.85. The molecule has 0 aromatic carbocycles. The zero-order chi connectivity index (χ0) is 14.1. The van der Waals surface area contributed by atoms with Crippen molar-refractivity contribution in [1.82, 2.24) is 4.98 Å². The van der Waals surface area contributed by atoms with E-state index in [-0.39, 0.29) is 11.5 Å². The fraction of sp³-hybridized carbons (Fsp3) is 0.643. The number of nitro groups is 1. The Morgan fingerprint density at radius 3 is 2.60 bits per heavy atom. The Morgan fingerprint density at radius 1 is 1.25 bits per heavy atom. The largest absolute Gasteiger partial charge is 0.378 e. The highest BCUT2D eigenvalue weighted by Crippen LogP contribution is 2.38. The number of anilines is 2. The van der Waals surface area contributed by atoms with E-state index >= 15 is 0 Å². The molecule has 1 aromatic heterocycles. The van der Waals surface area contributed by atoms with Gasteiger partial charge in [-0.1, -0.05) is 19.3 Å². The minimum absolute atomic E-state index is 0.0123. The minimum atomic E-state index is -0.487. The van der Waals surface area contributed by atoms with Crippen LogP contribution in [0.25, 0.3) is 0 Å². The summed E-state index contributed by atoms with van der Waals surface area (Å²) in [7, 11) is 0. The highest BCUT2D eigenvalue weighted by atomic mass is 16.6. The summed E-state index contributed by atoms with van der Waals surface area (Å²) in [6.45, 7) is 1.97. The van der Waals surface area contributed by atoms with Crippen LogP contribution in [0.4, 0.5) is 17.3 Å². The molecule has 6 nitrogen and oxygen atoms in total. The van der Waals surface area contributed by atoms with Gasteiger partial charge >= 0.3 is 5.69 Å². The molecule has 2 N–H and O–H groups in total. The molecule has 1 atom stereocenters. The van der Waals surface area contributed by atoms with Crippen molar-refractivity contribution in [3.05, 3.63) is 22.2 Å². The Bertz CT molecular complexity index is 516. The van der Waals surface area contributed by atoms with E-state index < -0.39 is 4.92 Å². The van der Waals surface area contributed by atoms with E-state index in [1.807, 2.05) is 0 Å². The molecular formula is C14H20N4O2. The lowest BCUT2D eigenvalue weighted by atomic mass is 9.73. The van der Waals surface area contributed by atoms with Gasteiger partial charge in [-0.2, -0.15) is 0 Å². The second-order valence-corrected chi connectivity index (χ2v) is 5.87. The van der Waals surface area contributed by atoms with Gasteiger partial charge in [-0.25, -0.2) is 4.98 Å². The van der Waals surface area contributed by atoms with Crippen LogP contribution < -0.4 is 10.6 Å². The second-order valence-electron chi connectivity index (χ2n) is 5.87. The molecule has 0 amide bonds. The van der Waals surface area contributed by atoms with E-state index in [0.717, 1.165) is 30.7 Å². The van der Waals surface area contributed by atoms with Crippen molar-refractivity contribution in [3.8, 4) is 0 Å². The zero-order valence-corrected chi connectivity index (χ0v) is 11.5. The van der Waals surface area contributed by atoms with Crippen molar-refractivity contribution in [2.45, 2.75) is 32.1 Å². The summed E-state index contributed by atoms with van der Waals surface area (Å²) < 4.78 is 0. The molecule has 1 aliphatic carbocycles. The molecule has 20 heavy (non-hydrogen) atoms. The van der Waals surface area contributed by atoms with E-state index in [9.17, 15) is 10.1 Å². The van der Waals surface area contributed by atoms with E-state index in [0.29, 0.717) is 0 Å². The van der Waals surface area contributed by atoms with Crippen molar-refractivity contribution in [2.75, 3.05) is 23.7 Å². The quantitative estimate of drug-likeness (QED) is 0.677. The molecule has 0 bridgehead atoms. The average molecular weight is 276 g/mol. The van der Waals surface area contributed by atoms with Crippen LogP contribution in [0.2, 0.25) is 0 Å². The zero-order valence-electron chi connectivity index (χ0n) is 11.5. The number of nitrogen functional groups attached to an aromatic ring is 1. The molecule has 1 aromatic rings. The molecule has 2 heterocycles. The summed E-state index contributed by atoms with van der Waals surface area (Å²) in [5, 5.41) is 10.8. The lowest BCUT2D eigenvalue weighted by Crippen LogP contribution is -2.40. The van der Waals surface area contributed by atoms with Crippen LogP contribution in [0.3, 0.4) is 0 Å². The van der Waals surface area contributed by atoms with E-state index in [1.54, 1.807) is 6.07 Å². The molecule has 1 saturated carbocycles. The predicted octanol–water partition coefficient (Wildman–Crippen LogP) is 2.59. The third-order valence-corrected chi connectivity index (χ3v) is 4.68. The summed E-state index contributed by atoms with van der Waals surface area (Å²) in [6, 6.07) is 3.18. The van der Waals surface area contributed by atoms with Crippen molar-refractivity contribution in [1.29, 1.82) is 0 Å². The summed E-state index contributed by atoms with van der Waals surface area (Å²) in [4.78, 5) is 16.7. The smallest absolute Gasteiger partial charge is 0.311 e. The van der Waals surface area contributed by atoms with Crippen molar-refractivity contribution in [3.63, 3.8) is 0 Å². The first-order chi connectivity index (χ1) is 9.65. The van der Waals surface area contributed by atoms with Crippen molar-refractivity contribution >= 4 is 17.3 Å². The number of piperidine rings is 1. The summed E-state index contributed by atoms with van der Waals surface area (Å²) in [5.41, 5.74) is 5.57. The molecule has 0 radical (unpaired) electrons. The fourth-order valence-electron chi connectivity index (χ4n) is 3.30. The number of rotatable bonds is 3. The number of nitrogens with zero attached hydrogens (tertiary/aromatic N) is 3. The van der Waals surface area contributed by atoms with Gasteiger partial charge in [-0.15, -0.1) is 0 Å². The molecule has 6 heteroatoms. The maximum absolute atomic E-state index is 10.8. The maximum atomic E-state index is 10.8. The molecule has 1 saturated heterocycles. The van der Waals surface area contributed by atoms with Crippen LogP contribution in [0.15, 0.2) is 12.1 Å². The topological polar surface area (TPSA) is 85.3 Å². The Balaban J connectivity index is 1.74. The third-order valence-electron chi connectivity index (χ3n) is 4.68. The van der Waals surface area contributed by atoms with Gasteiger partial charge in [0.1, 0.15) is 5.82 Å². The van der Waals surface area contributed by atoms with Gasteiger partial charge in [0.2, 0.25) is 5.82 Å². The maximum Gasteiger partial charge on any atom is 0.311 e. The number of hydrogen-bond donors (Lipinski definition) is 1. The SMILES string of the molecule is Nc1nc(N2CCCC(C3CCC3)C2)ccc1[N+](=O)[O-]. The van der Waals surface area contributed by atoms with Crippen LogP contribution in [-0.4, -0.2) is 23.0 Å². The lowest BCUT2D eigenvalue weighted by Gasteiger charge is -2.41. The van der Waals surface area contributed by atoms with E-state index in [2.05, 4.69) is 9.88 Å². The van der Waals surface area contributed by atoms with Gasteiger partial charge in [0.05, 0.1) is 4.92 Å². The van der Waals surface area contributed by atoms with Crippen LogP contribution in [0, 0.1) is 22.0 Å². The van der Waals surface area contributed by atoms with Gasteiger partial charge in [-0.05, 0) is 30.7 Å². The summed E-state index contributed by atoms with van der Waals surface area (Å²) in [6.07, 6.45) is 6.54. The number of nitrogens with two attached hydrogens (primary N) is 1. The molecule has 0 spiro atoms. The first kappa shape index (κ1) is 13.1. The van der Waals surface area contributed by atoms with E-state index in [4.69, 9.17) is 5.73 Å². The highest BCUT2D eigenvalue weighted by molar-refractivity contribution is 5.58. The minimum Gasteiger partial charge on any atom is -0.378 e. The van der Waals surface area contributed by atoms with Crippen LogP contribution >= 0.6 is 0 Å². The standard InChI is InChI=1S/C14H20N4O2/c15-14-12(18(19)20)6-7-13(16-14)17-8-2-5-11(9-17)10-3-1-4-10/h6-7,10-11H,1-5,8-9H2,(H2,15,16). The normalized spacial score (nSPS) is 23.4. The molecule has 2 aliphatic rings. The van der Waals surface area contributed by atoms with Crippen molar-refractivity contribution in [2.24, 2.45) is 11.8 Å². The fourth-order valence-corrected chi connectivity index (χ4v) is 3.30. The summed E-state index contributed by atoms with van der Waals surface area (Å²) in [5.74, 6) is 2.40. The van der Waals surface area contributed by atoms with Crippen LogP contribution in [0.1, 0.15) is 32.1 Å². The average Bonchev–Trinajstić information content (AvgIpc) is 2.36. The number of pyridine rings is 1. The Labute approximate surface area is 118 Å². The number of hydrogen-bond acceptors (Lipinski definition) is 5. The van der Waals surface area contributed by atoms with Crippen LogP contribution in [0.5, 0.6) is 0 Å². The first-order valence-electron chi connectivity index (χ1n) is 7.31. The first-order valence-corrected chi connectivity index (χ1v) is 7.31. The van der Waals surface area contributed by atoms with Gasteiger partial charge in [-0.3, -0.25) is 10.1 Å². The van der Waals surface area contributed by atoms with Crippen molar-refractivity contribution < 1.29 is 4.92 Å². The molecule has 1 aliphatic heterocycles. The number of aromatic nitrogens is 1. The second kappa shape index (κ2) is 5.26. The molecule has 108 valence electrons. The Kier molecular flexibility index (Phi) is 3.46. The van der Waals surface area contributed by atoms with Gasteiger partial charge < -0.3 is 10.6 Å². The van der Waals surface area contributed by atoms with E-state index in [1.165, 1.54) is 38.2 Å².